The number of aromatic nitrogens is 1. The minimum Gasteiger partial charge on any atom is -0.340 e. The Hall–Kier alpha value is -2.06. The number of benzene rings is 2. The number of hydrogen-bond donors (Lipinski definition) is 1. The van der Waals surface area contributed by atoms with Gasteiger partial charge in [-0.05, 0) is 36.2 Å². The van der Waals surface area contributed by atoms with E-state index in [0.29, 0.717) is 5.88 Å². The molecule has 0 aliphatic carbocycles. The number of alkyl halides is 1. The summed E-state index contributed by atoms with van der Waals surface area (Å²) in [6.07, 6.45) is 0. The van der Waals surface area contributed by atoms with Crippen LogP contribution < -0.4 is 5.32 Å². The zero-order chi connectivity index (χ0) is 13.9. The van der Waals surface area contributed by atoms with Crippen molar-refractivity contribution in [3.63, 3.8) is 0 Å². The molecule has 20 heavy (non-hydrogen) atoms. The van der Waals surface area contributed by atoms with Crippen LogP contribution in [0.5, 0.6) is 0 Å². The summed E-state index contributed by atoms with van der Waals surface area (Å²) < 4.78 is 0. The van der Waals surface area contributed by atoms with Crippen molar-refractivity contribution in [3.05, 3.63) is 65.7 Å². The van der Waals surface area contributed by atoms with Gasteiger partial charge in [-0.1, -0.05) is 36.4 Å². The molecule has 0 bridgehead atoms. The van der Waals surface area contributed by atoms with Gasteiger partial charge >= 0.3 is 0 Å². The van der Waals surface area contributed by atoms with E-state index in [4.69, 9.17) is 16.6 Å². The third-order valence-electron chi connectivity index (χ3n) is 3.33. The monoisotopic (exact) mass is 282 g/mol. The van der Waals surface area contributed by atoms with E-state index < -0.39 is 0 Å². The van der Waals surface area contributed by atoms with Crippen LogP contribution in [0.1, 0.15) is 11.1 Å². The third-order valence-corrected chi connectivity index (χ3v) is 3.62. The normalized spacial score (nSPS) is 10.7. The van der Waals surface area contributed by atoms with Crippen molar-refractivity contribution in [2.24, 2.45) is 0 Å². The van der Waals surface area contributed by atoms with Crippen LogP contribution in [0.2, 0.25) is 0 Å². The van der Waals surface area contributed by atoms with Crippen molar-refractivity contribution < 1.29 is 0 Å². The fourth-order valence-corrected chi connectivity index (χ4v) is 2.47. The zero-order valence-corrected chi connectivity index (χ0v) is 12.0. The molecule has 1 aromatic heterocycles. The highest BCUT2D eigenvalue weighted by atomic mass is 35.5. The van der Waals surface area contributed by atoms with Crippen molar-refractivity contribution in [1.82, 2.24) is 4.98 Å². The molecular weight excluding hydrogens is 268 g/mol. The van der Waals surface area contributed by atoms with Crippen molar-refractivity contribution in [3.8, 4) is 0 Å². The molecule has 3 heteroatoms. The van der Waals surface area contributed by atoms with E-state index >= 15 is 0 Å². The number of aryl methyl sites for hydroxylation is 1. The van der Waals surface area contributed by atoms with Crippen LogP contribution in [0, 0.1) is 6.92 Å². The van der Waals surface area contributed by atoms with Crippen molar-refractivity contribution in [1.29, 1.82) is 0 Å². The van der Waals surface area contributed by atoms with Gasteiger partial charge in [-0.2, -0.15) is 0 Å². The Labute approximate surface area is 123 Å². The fourth-order valence-electron chi connectivity index (χ4n) is 2.23. The third kappa shape index (κ3) is 2.47. The number of anilines is 2. The first-order valence-corrected chi connectivity index (χ1v) is 7.08. The summed E-state index contributed by atoms with van der Waals surface area (Å²) in [5, 5.41) is 4.54. The minimum atomic E-state index is 0.482. The van der Waals surface area contributed by atoms with E-state index in [1.54, 1.807) is 0 Å². The Bertz CT molecular complexity index is 753. The Morgan fingerprint density at radius 3 is 2.65 bits per heavy atom. The van der Waals surface area contributed by atoms with E-state index in [9.17, 15) is 0 Å². The molecule has 3 rings (SSSR count). The average Bonchev–Trinajstić information content (AvgIpc) is 2.48. The number of pyridine rings is 1. The molecule has 0 spiro atoms. The van der Waals surface area contributed by atoms with E-state index in [1.165, 1.54) is 0 Å². The molecule has 0 amide bonds. The number of rotatable bonds is 3. The Balaban J connectivity index is 2.04. The van der Waals surface area contributed by atoms with Crippen LogP contribution in [-0.4, -0.2) is 4.98 Å². The number of hydrogen-bond acceptors (Lipinski definition) is 2. The number of para-hydroxylation sites is 2. The van der Waals surface area contributed by atoms with Gasteiger partial charge in [0.15, 0.2) is 0 Å². The lowest BCUT2D eigenvalue weighted by atomic mass is 10.1. The minimum absolute atomic E-state index is 0.482. The summed E-state index contributed by atoms with van der Waals surface area (Å²) in [5.41, 5.74) is 4.19. The Morgan fingerprint density at radius 1 is 1.05 bits per heavy atom. The maximum Gasteiger partial charge on any atom is 0.134 e. The predicted octanol–water partition coefficient (Wildman–Crippen LogP) is 5.03. The Kier molecular flexibility index (Phi) is 3.57. The second-order valence-electron chi connectivity index (χ2n) is 4.76. The van der Waals surface area contributed by atoms with Crippen molar-refractivity contribution >= 4 is 34.0 Å². The van der Waals surface area contributed by atoms with Crippen LogP contribution in [0.15, 0.2) is 54.6 Å². The molecule has 2 aromatic carbocycles. The number of halogens is 1. The zero-order valence-electron chi connectivity index (χ0n) is 11.2. The standard InChI is InChI=1S/C17H15ClN2/c1-12-10-13-6-2-4-8-15(13)19-17(12)20-16-9-5-3-7-14(16)11-18/h2-10H,11H2,1H3,(H,19,20). The fraction of sp³-hybridized carbons (Fsp3) is 0.118. The highest BCUT2D eigenvalue weighted by Gasteiger charge is 2.06. The topological polar surface area (TPSA) is 24.9 Å². The molecule has 0 saturated heterocycles. The van der Waals surface area contributed by atoms with E-state index in [-0.39, 0.29) is 0 Å². The Morgan fingerprint density at radius 2 is 1.80 bits per heavy atom. The summed E-state index contributed by atoms with van der Waals surface area (Å²) in [4.78, 5) is 4.69. The van der Waals surface area contributed by atoms with Crippen LogP contribution in [0.3, 0.4) is 0 Å². The molecule has 0 aliphatic rings. The summed E-state index contributed by atoms with van der Waals surface area (Å²) in [6, 6.07) is 18.3. The van der Waals surface area contributed by atoms with Crippen LogP contribution in [0.25, 0.3) is 10.9 Å². The molecule has 0 aliphatic heterocycles. The maximum atomic E-state index is 5.97. The summed E-state index contributed by atoms with van der Waals surface area (Å²) in [6.45, 7) is 2.06. The number of fused-ring (bicyclic) bond motifs is 1. The molecule has 100 valence electrons. The van der Waals surface area contributed by atoms with Gasteiger partial charge in [0.25, 0.3) is 0 Å². The number of nitrogens with one attached hydrogen (secondary N) is 1. The first-order valence-electron chi connectivity index (χ1n) is 6.55. The van der Waals surface area contributed by atoms with Gasteiger partial charge in [0, 0.05) is 17.0 Å². The molecule has 0 fully saturated rings. The van der Waals surface area contributed by atoms with Crippen LogP contribution in [-0.2, 0) is 5.88 Å². The highest BCUT2D eigenvalue weighted by Crippen LogP contribution is 2.25. The molecule has 0 unspecified atom stereocenters. The highest BCUT2D eigenvalue weighted by molar-refractivity contribution is 6.17. The first kappa shape index (κ1) is 12.9. The lowest BCUT2D eigenvalue weighted by molar-refractivity contribution is 1.29. The lowest BCUT2D eigenvalue weighted by Crippen LogP contribution is -1.99. The largest absolute Gasteiger partial charge is 0.340 e. The van der Waals surface area contributed by atoms with E-state index in [1.807, 2.05) is 42.5 Å². The van der Waals surface area contributed by atoms with Gasteiger partial charge in [-0.25, -0.2) is 4.98 Å². The molecule has 3 aromatic rings. The second-order valence-corrected chi connectivity index (χ2v) is 5.03. The first-order chi connectivity index (χ1) is 9.78. The smallest absolute Gasteiger partial charge is 0.134 e. The predicted molar refractivity (Wildman–Crippen MR) is 85.8 cm³/mol. The SMILES string of the molecule is Cc1cc2ccccc2nc1Nc1ccccc1CCl. The lowest BCUT2D eigenvalue weighted by Gasteiger charge is -2.12. The molecule has 0 radical (unpaired) electrons. The van der Waals surface area contributed by atoms with Gasteiger partial charge < -0.3 is 5.32 Å². The van der Waals surface area contributed by atoms with Gasteiger partial charge in [0.1, 0.15) is 5.82 Å². The maximum absolute atomic E-state index is 5.97. The molecule has 1 N–H and O–H groups in total. The van der Waals surface area contributed by atoms with Gasteiger partial charge in [0.2, 0.25) is 0 Å². The summed E-state index contributed by atoms with van der Waals surface area (Å²) in [5.74, 6) is 1.36. The molecule has 2 nitrogen and oxygen atoms in total. The molecule has 1 heterocycles. The van der Waals surface area contributed by atoms with Gasteiger partial charge in [-0.3, -0.25) is 0 Å². The second kappa shape index (κ2) is 5.51. The van der Waals surface area contributed by atoms with E-state index in [0.717, 1.165) is 33.5 Å². The van der Waals surface area contributed by atoms with Crippen molar-refractivity contribution in [2.45, 2.75) is 12.8 Å². The molecule has 0 saturated carbocycles. The number of nitrogens with zero attached hydrogens (tertiary/aromatic N) is 1. The summed E-state index contributed by atoms with van der Waals surface area (Å²) in [7, 11) is 0. The average molecular weight is 283 g/mol. The van der Waals surface area contributed by atoms with Gasteiger partial charge in [0.05, 0.1) is 5.52 Å². The summed E-state index contributed by atoms with van der Waals surface area (Å²) >= 11 is 5.97. The van der Waals surface area contributed by atoms with Crippen LogP contribution >= 0.6 is 11.6 Å². The van der Waals surface area contributed by atoms with Crippen molar-refractivity contribution in [2.75, 3.05) is 5.32 Å². The quantitative estimate of drug-likeness (QED) is 0.682. The molecule has 0 atom stereocenters. The molecular formula is C17H15ClN2. The van der Waals surface area contributed by atoms with Gasteiger partial charge in [-0.15, -0.1) is 11.6 Å². The van der Waals surface area contributed by atoms with E-state index in [2.05, 4.69) is 24.4 Å². The van der Waals surface area contributed by atoms with Crippen LogP contribution in [0.4, 0.5) is 11.5 Å².